The Hall–Kier alpha value is -2.94. The number of rotatable bonds is 7. The highest BCUT2D eigenvalue weighted by Crippen LogP contribution is 2.31. The lowest BCUT2D eigenvalue weighted by Crippen LogP contribution is -2.15. The third-order valence-electron chi connectivity index (χ3n) is 3.35. The van der Waals surface area contributed by atoms with Crippen LogP contribution >= 0.6 is 0 Å². The van der Waals surface area contributed by atoms with Crippen molar-refractivity contribution in [1.29, 1.82) is 0 Å². The monoisotopic (exact) mass is 364 g/mol. The van der Waals surface area contributed by atoms with Crippen molar-refractivity contribution in [3.8, 4) is 0 Å². The predicted molar refractivity (Wildman–Crippen MR) is 95.5 cm³/mol. The summed E-state index contributed by atoms with van der Waals surface area (Å²) in [5.74, 6) is 0.105. The molecule has 9 heteroatoms. The topological polar surface area (TPSA) is 87.2 Å². The Bertz CT molecular complexity index is 786. The van der Waals surface area contributed by atoms with Crippen LogP contribution in [0.1, 0.15) is 11.1 Å². The summed E-state index contributed by atoms with van der Waals surface area (Å²) in [6, 6.07) is 11.8. The second-order valence-corrected chi connectivity index (χ2v) is 5.29. The van der Waals surface area contributed by atoms with Crippen LogP contribution < -0.4 is 16.4 Å². The molecule has 0 heterocycles. The maximum atomic E-state index is 12.8. The fraction of sp³-hybridized carbons (Fsp3) is 0.235. The molecule has 0 saturated heterocycles. The minimum absolute atomic E-state index is 0.105. The van der Waals surface area contributed by atoms with Crippen molar-refractivity contribution in [2.75, 3.05) is 25.5 Å². The molecular formula is C17H19F3N6. The van der Waals surface area contributed by atoms with Gasteiger partial charge >= 0.3 is 6.18 Å². The number of nitrogens with one attached hydrogen (secondary N) is 2. The first-order valence-electron chi connectivity index (χ1n) is 7.80. The van der Waals surface area contributed by atoms with Gasteiger partial charge in [-0.25, -0.2) is 0 Å². The summed E-state index contributed by atoms with van der Waals surface area (Å²) in [5.41, 5.74) is 6.50. The van der Waals surface area contributed by atoms with Crippen molar-refractivity contribution in [2.24, 2.45) is 21.2 Å². The molecule has 138 valence electrons. The van der Waals surface area contributed by atoms with E-state index in [-0.39, 0.29) is 11.5 Å². The molecule has 0 saturated carbocycles. The molecule has 0 aliphatic rings. The zero-order chi connectivity index (χ0) is 19.0. The molecule has 0 aliphatic carbocycles. The van der Waals surface area contributed by atoms with Gasteiger partial charge in [0.2, 0.25) is 0 Å². The average molecular weight is 364 g/mol. The minimum atomic E-state index is -4.41. The van der Waals surface area contributed by atoms with E-state index in [1.165, 1.54) is 12.1 Å². The second-order valence-electron chi connectivity index (χ2n) is 5.29. The van der Waals surface area contributed by atoms with Gasteiger partial charge in [-0.3, -0.25) is 0 Å². The number of para-hydroxylation sites is 1. The zero-order valence-corrected chi connectivity index (χ0v) is 14.1. The number of nitrogens with zero attached hydrogens (tertiary/aromatic N) is 3. The maximum absolute atomic E-state index is 12.8. The highest BCUT2D eigenvalue weighted by Gasteiger charge is 2.30. The van der Waals surface area contributed by atoms with Crippen LogP contribution in [-0.2, 0) is 6.18 Å². The first-order chi connectivity index (χ1) is 12.4. The van der Waals surface area contributed by atoms with Crippen LogP contribution in [-0.4, -0.2) is 26.0 Å². The molecular weight excluding hydrogens is 345 g/mol. The van der Waals surface area contributed by atoms with E-state index >= 15 is 0 Å². The number of benzene rings is 2. The predicted octanol–water partition coefficient (Wildman–Crippen LogP) is 3.74. The van der Waals surface area contributed by atoms with Crippen molar-refractivity contribution in [3.05, 3.63) is 59.7 Å². The van der Waals surface area contributed by atoms with Gasteiger partial charge in [0.1, 0.15) is 0 Å². The Morgan fingerprint density at radius 3 is 2.62 bits per heavy atom. The molecule has 0 radical (unpaired) electrons. The van der Waals surface area contributed by atoms with Crippen LogP contribution in [0.15, 0.2) is 64.0 Å². The van der Waals surface area contributed by atoms with E-state index < -0.39 is 11.7 Å². The van der Waals surface area contributed by atoms with E-state index in [2.05, 4.69) is 26.1 Å². The summed E-state index contributed by atoms with van der Waals surface area (Å²) in [5, 5.41) is 17.2. The minimum Gasteiger partial charge on any atom is -0.382 e. The number of amidine groups is 1. The highest BCUT2D eigenvalue weighted by molar-refractivity contribution is 6.02. The van der Waals surface area contributed by atoms with E-state index in [1.54, 1.807) is 31.3 Å². The highest BCUT2D eigenvalue weighted by atomic mass is 19.4. The molecule has 0 spiro atoms. The van der Waals surface area contributed by atoms with E-state index in [4.69, 9.17) is 5.73 Å². The van der Waals surface area contributed by atoms with Crippen LogP contribution in [0, 0.1) is 0 Å². The van der Waals surface area contributed by atoms with Gasteiger partial charge in [-0.2, -0.15) is 18.3 Å². The largest absolute Gasteiger partial charge is 0.416 e. The fourth-order valence-corrected chi connectivity index (χ4v) is 2.08. The van der Waals surface area contributed by atoms with Crippen LogP contribution in [0.2, 0.25) is 0 Å². The van der Waals surface area contributed by atoms with E-state index in [1.807, 2.05) is 0 Å². The molecule has 2 rings (SSSR count). The Labute approximate surface area is 149 Å². The molecule has 2 aromatic rings. The lowest BCUT2D eigenvalue weighted by atomic mass is 10.1. The van der Waals surface area contributed by atoms with Gasteiger partial charge in [-0.05, 0) is 42.6 Å². The molecule has 26 heavy (non-hydrogen) atoms. The zero-order valence-electron chi connectivity index (χ0n) is 14.1. The van der Waals surface area contributed by atoms with Crippen molar-refractivity contribution >= 4 is 17.2 Å². The van der Waals surface area contributed by atoms with Crippen molar-refractivity contribution in [1.82, 2.24) is 5.32 Å². The quantitative estimate of drug-likeness (QED) is 0.230. The van der Waals surface area contributed by atoms with Crippen molar-refractivity contribution in [3.63, 3.8) is 0 Å². The Balaban J connectivity index is 2.22. The number of hydrogen-bond donors (Lipinski definition) is 3. The lowest BCUT2D eigenvalue weighted by molar-refractivity contribution is -0.137. The van der Waals surface area contributed by atoms with Gasteiger partial charge in [-0.1, -0.05) is 18.2 Å². The van der Waals surface area contributed by atoms with E-state index in [9.17, 15) is 13.2 Å². The average Bonchev–Trinajstić information content (AvgIpc) is 2.61. The molecule has 0 atom stereocenters. The first-order valence-corrected chi connectivity index (χ1v) is 7.80. The summed E-state index contributed by atoms with van der Waals surface area (Å²) in [6.45, 7) is 1.12. The van der Waals surface area contributed by atoms with Gasteiger partial charge < -0.3 is 16.4 Å². The second kappa shape index (κ2) is 8.95. The SMILES string of the molecule is CNCCN=N/N=C(\N)c1ccccc1Nc1cccc(C(F)(F)F)c1. The summed E-state index contributed by atoms with van der Waals surface area (Å²) < 4.78 is 38.5. The Kier molecular flexibility index (Phi) is 6.67. The van der Waals surface area contributed by atoms with Gasteiger partial charge in [0.05, 0.1) is 12.1 Å². The van der Waals surface area contributed by atoms with Crippen LogP contribution in [0.25, 0.3) is 0 Å². The number of hydrogen-bond acceptors (Lipinski definition) is 4. The molecule has 0 bridgehead atoms. The molecule has 6 nitrogen and oxygen atoms in total. The van der Waals surface area contributed by atoms with Crippen molar-refractivity contribution in [2.45, 2.75) is 6.18 Å². The van der Waals surface area contributed by atoms with Crippen molar-refractivity contribution < 1.29 is 13.2 Å². The third-order valence-corrected chi connectivity index (χ3v) is 3.35. The van der Waals surface area contributed by atoms with E-state index in [0.29, 0.717) is 24.3 Å². The normalized spacial score (nSPS) is 12.5. The van der Waals surface area contributed by atoms with Gasteiger partial charge in [0.15, 0.2) is 5.84 Å². The number of likely N-dealkylation sites (N-methyl/N-ethyl adjacent to an activating group) is 1. The van der Waals surface area contributed by atoms with Crippen LogP contribution in [0.5, 0.6) is 0 Å². The summed E-state index contributed by atoms with van der Waals surface area (Å²) >= 11 is 0. The summed E-state index contributed by atoms with van der Waals surface area (Å²) in [6.07, 6.45) is -4.41. The molecule has 0 fully saturated rings. The number of alkyl halides is 3. The molecule has 0 amide bonds. The third kappa shape index (κ3) is 5.55. The van der Waals surface area contributed by atoms with Gasteiger partial charge in [-0.15, -0.1) is 5.10 Å². The fourth-order valence-electron chi connectivity index (χ4n) is 2.08. The molecule has 0 unspecified atom stereocenters. The van der Waals surface area contributed by atoms with Crippen LogP contribution in [0.3, 0.4) is 0 Å². The van der Waals surface area contributed by atoms with Crippen LogP contribution in [0.4, 0.5) is 24.5 Å². The molecule has 0 aliphatic heterocycles. The standard InChI is InChI=1S/C17H19F3N6/c1-22-9-10-23-26-25-16(21)14-7-2-3-8-15(14)24-13-6-4-5-12(11-13)17(18,19)20/h2-8,11,22,24H,9-10H2,1H3,(H2,21,23,25). The summed E-state index contributed by atoms with van der Waals surface area (Å²) in [4.78, 5) is 0. The Morgan fingerprint density at radius 2 is 1.88 bits per heavy atom. The smallest absolute Gasteiger partial charge is 0.382 e. The number of halogens is 3. The molecule has 2 aromatic carbocycles. The number of anilines is 2. The number of nitrogens with two attached hydrogens (primary N) is 1. The van der Waals surface area contributed by atoms with Gasteiger partial charge in [0, 0.05) is 23.5 Å². The van der Waals surface area contributed by atoms with Gasteiger partial charge in [0.25, 0.3) is 0 Å². The first kappa shape index (κ1) is 19.4. The summed E-state index contributed by atoms with van der Waals surface area (Å²) in [7, 11) is 1.79. The lowest BCUT2D eigenvalue weighted by Gasteiger charge is -2.13. The van der Waals surface area contributed by atoms with E-state index in [0.717, 1.165) is 12.1 Å². The Morgan fingerprint density at radius 1 is 1.12 bits per heavy atom. The molecule has 0 aromatic heterocycles. The molecule has 4 N–H and O–H groups in total. The maximum Gasteiger partial charge on any atom is 0.416 e.